The molecule has 92 valence electrons. The van der Waals surface area contributed by atoms with Gasteiger partial charge in [-0.1, -0.05) is 0 Å². The maximum atomic E-state index is 11.2. The molecule has 0 N–H and O–H groups in total. The van der Waals surface area contributed by atoms with Crippen LogP contribution in [0.1, 0.15) is 12.5 Å². The third kappa shape index (κ3) is 3.42. The van der Waals surface area contributed by atoms with Crippen molar-refractivity contribution in [2.75, 3.05) is 6.61 Å². The number of nitro groups is 1. The minimum absolute atomic E-state index is 0.0767. The lowest BCUT2D eigenvalue weighted by atomic mass is 10.1. The average Bonchev–Trinajstić information content (AvgIpc) is 2.36. The highest BCUT2D eigenvalue weighted by Crippen LogP contribution is 2.18. The summed E-state index contributed by atoms with van der Waals surface area (Å²) in [6, 6.07) is 7.20. The Balaban J connectivity index is 3.00. The van der Waals surface area contributed by atoms with Gasteiger partial charge in [0.2, 0.25) is 0 Å². The second-order valence-corrected chi connectivity index (χ2v) is 3.23. The summed E-state index contributed by atoms with van der Waals surface area (Å²) in [5.74, 6) is -0.618. The molecule has 0 radical (unpaired) electrons. The summed E-state index contributed by atoms with van der Waals surface area (Å²) in [7, 11) is 0. The van der Waals surface area contributed by atoms with Crippen molar-refractivity contribution < 1.29 is 14.5 Å². The normalized spacial score (nSPS) is 10.6. The number of benzene rings is 1. The van der Waals surface area contributed by atoms with Crippen molar-refractivity contribution in [3.05, 3.63) is 46.0 Å². The number of esters is 1. The van der Waals surface area contributed by atoms with Crippen LogP contribution < -0.4 is 0 Å². The monoisotopic (exact) mass is 246 g/mol. The van der Waals surface area contributed by atoms with Crippen molar-refractivity contribution in [1.29, 1.82) is 5.26 Å². The molecule has 18 heavy (non-hydrogen) atoms. The molecule has 0 aliphatic carbocycles. The number of nitro benzene ring substituents is 1. The van der Waals surface area contributed by atoms with Crippen LogP contribution in [0.5, 0.6) is 0 Å². The Labute approximate surface area is 103 Å². The molecular formula is C12H10N2O4. The number of hydrogen-bond acceptors (Lipinski definition) is 5. The maximum Gasteiger partial charge on any atom is 0.332 e. The van der Waals surface area contributed by atoms with E-state index in [1.54, 1.807) is 6.92 Å². The fourth-order valence-electron chi connectivity index (χ4n) is 1.24. The molecule has 0 aromatic heterocycles. The van der Waals surface area contributed by atoms with Crippen molar-refractivity contribution in [1.82, 2.24) is 0 Å². The van der Waals surface area contributed by atoms with Crippen LogP contribution in [0.4, 0.5) is 5.69 Å². The molecule has 0 aliphatic heterocycles. The predicted octanol–water partition coefficient (Wildman–Crippen LogP) is 2.06. The number of non-ortho nitro benzene ring substituents is 1. The van der Waals surface area contributed by atoms with Crippen LogP contribution >= 0.6 is 0 Å². The summed E-state index contributed by atoms with van der Waals surface area (Å²) in [6.07, 6.45) is 1.06. The minimum Gasteiger partial charge on any atom is -0.463 e. The Morgan fingerprint density at radius 2 is 2.11 bits per heavy atom. The predicted molar refractivity (Wildman–Crippen MR) is 63.3 cm³/mol. The summed E-state index contributed by atoms with van der Waals surface area (Å²) >= 11 is 0. The molecule has 0 amide bonds. The van der Waals surface area contributed by atoms with Crippen molar-refractivity contribution >= 4 is 17.2 Å². The zero-order chi connectivity index (χ0) is 13.5. The highest BCUT2D eigenvalue weighted by molar-refractivity contribution is 5.95. The Hall–Kier alpha value is -2.68. The molecule has 1 rings (SSSR count). The van der Waals surface area contributed by atoms with Gasteiger partial charge in [0.1, 0.15) is 6.07 Å². The molecule has 0 aliphatic rings. The van der Waals surface area contributed by atoms with Crippen molar-refractivity contribution in [3.8, 4) is 6.07 Å². The molecule has 0 fully saturated rings. The molecule has 0 spiro atoms. The second-order valence-electron chi connectivity index (χ2n) is 3.23. The van der Waals surface area contributed by atoms with Crippen LogP contribution in [0.2, 0.25) is 0 Å². The molecular weight excluding hydrogens is 236 g/mol. The number of ether oxygens (including phenoxy) is 1. The molecule has 6 nitrogen and oxygen atoms in total. The lowest BCUT2D eigenvalue weighted by Crippen LogP contribution is -2.00. The fraction of sp³-hybridized carbons (Fsp3) is 0.167. The molecule has 0 saturated carbocycles. The molecule has 1 aromatic carbocycles. The number of nitrogens with zero attached hydrogens (tertiary/aromatic N) is 2. The molecule has 0 saturated heterocycles. The first-order valence-corrected chi connectivity index (χ1v) is 5.12. The summed E-state index contributed by atoms with van der Waals surface area (Å²) in [5.41, 5.74) is 0.451. The van der Waals surface area contributed by atoms with Gasteiger partial charge >= 0.3 is 5.97 Å². The van der Waals surface area contributed by atoms with Crippen LogP contribution in [0, 0.1) is 21.4 Å². The lowest BCUT2D eigenvalue weighted by Gasteiger charge is -1.99. The summed E-state index contributed by atoms with van der Waals surface area (Å²) in [4.78, 5) is 21.1. The van der Waals surface area contributed by atoms with Gasteiger partial charge in [0, 0.05) is 18.2 Å². The molecule has 0 heterocycles. The summed E-state index contributed by atoms with van der Waals surface area (Å²) < 4.78 is 4.68. The number of hydrogen-bond donors (Lipinski definition) is 0. The van der Waals surface area contributed by atoms with Gasteiger partial charge in [-0.15, -0.1) is 0 Å². The van der Waals surface area contributed by atoms with Gasteiger partial charge in [0.15, 0.2) is 0 Å². The fourth-order valence-corrected chi connectivity index (χ4v) is 1.24. The Kier molecular flexibility index (Phi) is 4.58. The van der Waals surface area contributed by atoms with E-state index < -0.39 is 10.9 Å². The van der Waals surface area contributed by atoms with E-state index in [-0.39, 0.29) is 17.9 Å². The highest BCUT2D eigenvalue weighted by Gasteiger charge is 2.08. The third-order valence-corrected chi connectivity index (χ3v) is 2.06. The van der Waals surface area contributed by atoms with Crippen molar-refractivity contribution in [2.24, 2.45) is 0 Å². The largest absolute Gasteiger partial charge is 0.463 e. The van der Waals surface area contributed by atoms with Crippen LogP contribution in [0.3, 0.4) is 0 Å². The minimum atomic E-state index is -0.618. The van der Waals surface area contributed by atoms with E-state index in [1.807, 2.05) is 6.07 Å². The zero-order valence-electron chi connectivity index (χ0n) is 9.62. The van der Waals surface area contributed by atoms with Crippen LogP contribution in [0.25, 0.3) is 5.57 Å². The number of carbonyl (C=O) groups is 1. The Bertz CT molecular complexity index is 526. The van der Waals surface area contributed by atoms with E-state index >= 15 is 0 Å². The number of carbonyl (C=O) groups excluding carboxylic acids is 1. The standard InChI is InChI=1S/C12H10N2O4/c1-2-18-12(15)7-10(8-13)9-3-5-11(6-4-9)14(16)17/h3-7H,2H2,1H3. The Morgan fingerprint density at radius 3 is 2.56 bits per heavy atom. The van der Waals surface area contributed by atoms with E-state index in [4.69, 9.17) is 5.26 Å². The van der Waals surface area contributed by atoms with Gasteiger partial charge in [-0.25, -0.2) is 4.79 Å². The maximum absolute atomic E-state index is 11.2. The molecule has 6 heteroatoms. The molecule has 1 aromatic rings. The van der Waals surface area contributed by atoms with Crippen molar-refractivity contribution in [3.63, 3.8) is 0 Å². The van der Waals surface area contributed by atoms with Crippen molar-refractivity contribution in [2.45, 2.75) is 6.92 Å². The topological polar surface area (TPSA) is 93.2 Å². The van der Waals surface area contributed by atoms with Gasteiger partial charge in [0.25, 0.3) is 5.69 Å². The SMILES string of the molecule is CCOC(=O)C=C(C#N)c1ccc([N+](=O)[O-])cc1. The molecule has 0 atom stereocenters. The van der Waals surface area contributed by atoms with Crippen LogP contribution in [0.15, 0.2) is 30.3 Å². The van der Waals surface area contributed by atoms with E-state index in [9.17, 15) is 14.9 Å². The average molecular weight is 246 g/mol. The first kappa shape index (κ1) is 13.4. The first-order chi connectivity index (χ1) is 8.58. The third-order valence-electron chi connectivity index (χ3n) is 2.06. The number of nitriles is 1. The molecule has 0 unspecified atom stereocenters. The number of rotatable bonds is 4. The van der Waals surface area contributed by atoms with E-state index in [0.717, 1.165) is 6.08 Å². The highest BCUT2D eigenvalue weighted by atomic mass is 16.6. The number of allylic oxidation sites excluding steroid dienone is 1. The Morgan fingerprint density at radius 1 is 1.50 bits per heavy atom. The van der Waals surface area contributed by atoms with E-state index in [0.29, 0.717) is 5.56 Å². The zero-order valence-corrected chi connectivity index (χ0v) is 9.62. The first-order valence-electron chi connectivity index (χ1n) is 5.12. The second kappa shape index (κ2) is 6.15. The lowest BCUT2D eigenvalue weighted by molar-refractivity contribution is -0.384. The smallest absolute Gasteiger partial charge is 0.332 e. The summed E-state index contributed by atoms with van der Waals surface area (Å²) in [6.45, 7) is 1.87. The summed E-state index contributed by atoms with van der Waals surface area (Å²) in [5, 5.41) is 19.4. The van der Waals surface area contributed by atoms with Gasteiger partial charge in [0.05, 0.1) is 17.1 Å². The van der Waals surface area contributed by atoms with E-state index in [1.165, 1.54) is 24.3 Å². The van der Waals surface area contributed by atoms with E-state index in [2.05, 4.69) is 4.74 Å². The van der Waals surface area contributed by atoms with Gasteiger partial charge in [-0.05, 0) is 24.6 Å². The van der Waals surface area contributed by atoms with Crippen LogP contribution in [-0.4, -0.2) is 17.5 Å². The van der Waals surface area contributed by atoms with Gasteiger partial charge in [-0.3, -0.25) is 10.1 Å². The van der Waals surface area contributed by atoms with Gasteiger partial charge < -0.3 is 4.74 Å². The van der Waals surface area contributed by atoms with Gasteiger partial charge in [-0.2, -0.15) is 5.26 Å². The molecule has 0 bridgehead atoms. The quantitative estimate of drug-likeness (QED) is 0.266. The van der Waals surface area contributed by atoms with Crippen LogP contribution in [-0.2, 0) is 9.53 Å².